The van der Waals surface area contributed by atoms with E-state index in [-0.39, 0.29) is 5.91 Å². The lowest BCUT2D eigenvalue weighted by Gasteiger charge is -2.28. The van der Waals surface area contributed by atoms with Gasteiger partial charge in [0, 0.05) is 39.0 Å². The lowest BCUT2D eigenvalue weighted by molar-refractivity contribution is -0.132. The summed E-state index contributed by atoms with van der Waals surface area (Å²) in [5.41, 5.74) is 3.31. The molecule has 146 valence electrons. The van der Waals surface area contributed by atoms with Crippen LogP contribution in [-0.2, 0) is 24.2 Å². The highest BCUT2D eigenvalue weighted by molar-refractivity contribution is 5.76. The Bertz CT molecular complexity index is 978. The highest BCUT2D eigenvalue weighted by Crippen LogP contribution is 2.19. The zero-order valence-electron chi connectivity index (χ0n) is 16.5. The molecule has 1 aliphatic rings. The van der Waals surface area contributed by atoms with Crippen molar-refractivity contribution >= 4 is 17.4 Å². The third-order valence-corrected chi connectivity index (χ3v) is 5.45. The van der Waals surface area contributed by atoms with Crippen molar-refractivity contribution in [1.82, 2.24) is 24.7 Å². The number of nitrogens with zero attached hydrogens (tertiary/aromatic N) is 6. The van der Waals surface area contributed by atoms with Gasteiger partial charge in [-0.3, -0.25) is 4.79 Å². The van der Waals surface area contributed by atoms with Crippen molar-refractivity contribution in [2.45, 2.75) is 39.7 Å². The predicted octanol–water partition coefficient (Wildman–Crippen LogP) is 2.49. The van der Waals surface area contributed by atoms with Crippen LogP contribution in [-0.4, -0.2) is 50.3 Å². The van der Waals surface area contributed by atoms with Crippen LogP contribution < -0.4 is 4.90 Å². The number of fused-ring (bicyclic) bond motifs is 2. The van der Waals surface area contributed by atoms with Crippen LogP contribution >= 0.6 is 0 Å². The second-order valence-corrected chi connectivity index (χ2v) is 7.08. The van der Waals surface area contributed by atoms with Crippen molar-refractivity contribution in [2.24, 2.45) is 0 Å². The summed E-state index contributed by atoms with van der Waals surface area (Å²) in [6, 6.07) is 12.3. The largest absolute Gasteiger partial charge is 0.356 e. The average Bonchev–Trinajstić information content (AvgIpc) is 3.15. The fourth-order valence-electron chi connectivity index (χ4n) is 3.78. The third-order valence-electron chi connectivity index (χ3n) is 5.45. The second-order valence-electron chi connectivity index (χ2n) is 7.08. The van der Waals surface area contributed by atoms with E-state index >= 15 is 0 Å². The van der Waals surface area contributed by atoms with Crippen molar-refractivity contribution in [3.8, 4) is 0 Å². The van der Waals surface area contributed by atoms with E-state index in [1.165, 1.54) is 11.1 Å². The van der Waals surface area contributed by atoms with Gasteiger partial charge >= 0.3 is 0 Å². The van der Waals surface area contributed by atoms with E-state index in [1.807, 2.05) is 23.1 Å². The smallest absolute Gasteiger partial charge is 0.223 e. The molecule has 0 atom stereocenters. The minimum absolute atomic E-state index is 0.158. The molecule has 3 heterocycles. The molecule has 0 unspecified atom stereocenters. The maximum Gasteiger partial charge on any atom is 0.223 e. The molecule has 0 spiro atoms. The summed E-state index contributed by atoms with van der Waals surface area (Å²) in [4.78, 5) is 16.9. The van der Waals surface area contributed by atoms with Crippen molar-refractivity contribution in [3.05, 3.63) is 53.3 Å². The zero-order chi connectivity index (χ0) is 19.5. The average molecular weight is 378 g/mol. The standard InChI is InChI=1S/C21H26N6O/c1-3-25(4-2)20-10-9-18-22-23-19(27(18)24-20)11-12-21(28)26-14-13-16-7-5-6-8-17(16)15-26/h5-10H,3-4,11-15H2,1-2H3. The highest BCUT2D eigenvalue weighted by Gasteiger charge is 2.21. The fraction of sp³-hybridized carbons (Fsp3) is 0.429. The number of benzene rings is 1. The summed E-state index contributed by atoms with van der Waals surface area (Å²) >= 11 is 0. The van der Waals surface area contributed by atoms with E-state index in [0.29, 0.717) is 25.0 Å². The molecule has 28 heavy (non-hydrogen) atoms. The summed E-state index contributed by atoms with van der Waals surface area (Å²) in [7, 11) is 0. The minimum Gasteiger partial charge on any atom is -0.356 e. The quantitative estimate of drug-likeness (QED) is 0.659. The summed E-state index contributed by atoms with van der Waals surface area (Å²) in [6.07, 6.45) is 1.87. The maximum atomic E-state index is 12.7. The van der Waals surface area contributed by atoms with Crippen molar-refractivity contribution in [3.63, 3.8) is 0 Å². The molecule has 0 fully saturated rings. The molecule has 0 radical (unpaired) electrons. The highest BCUT2D eigenvalue weighted by atomic mass is 16.2. The first-order valence-electron chi connectivity index (χ1n) is 10.0. The minimum atomic E-state index is 0.158. The number of amides is 1. The lowest BCUT2D eigenvalue weighted by atomic mass is 9.99. The van der Waals surface area contributed by atoms with Crippen LogP contribution in [0.15, 0.2) is 36.4 Å². The van der Waals surface area contributed by atoms with Crippen molar-refractivity contribution in [1.29, 1.82) is 0 Å². The van der Waals surface area contributed by atoms with Crippen LogP contribution in [0.2, 0.25) is 0 Å². The Morgan fingerprint density at radius 1 is 1.07 bits per heavy atom. The van der Waals surface area contributed by atoms with E-state index in [4.69, 9.17) is 5.10 Å². The van der Waals surface area contributed by atoms with Crippen LogP contribution in [0, 0.1) is 0 Å². The molecule has 3 aromatic rings. The Balaban J connectivity index is 1.45. The topological polar surface area (TPSA) is 66.6 Å². The van der Waals surface area contributed by atoms with Crippen molar-refractivity contribution < 1.29 is 4.79 Å². The Hall–Kier alpha value is -2.96. The molecular weight excluding hydrogens is 352 g/mol. The number of carbonyl (C=O) groups excluding carboxylic acids is 1. The molecule has 7 heteroatoms. The number of hydrogen-bond donors (Lipinski definition) is 0. The molecule has 0 saturated heterocycles. The predicted molar refractivity (Wildman–Crippen MR) is 108 cm³/mol. The van der Waals surface area contributed by atoms with Gasteiger partial charge in [0.2, 0.25) is 5.91 Å². The number of aromatic nitrogens is 4. The first-order chi connectivity index (χ1) is 13.7. The number of carbonyl (C=O) groups is 1. The first kappa shape index (κ1) is 18.4. The molecule has 4 rings (SSSR count). The van der Waals surface area contributed by atoms with Gasteiger partial charge < -0.3 is 9.80 Å². The van der Waals surface area contributed by atoms with Gasteiger partial charge in [-0.2, -0.15) is 4.52 Å². The van der Waals surface area contributed by atoms with Gasteiger partial charge in [-0.1, -0.05) is 24.3 Å². The Morgan fingerprint density at radius 3 is 2.64 bits per heavy atom. The molecule has 7 nitrogen and oxygen atoms in total. The van der Waals surface area contributed by atoms with Gasteiger partial charge in [-0.25, -0.2) is 0 Å². The van der Waals surface area contributed by atoms with E-state index in [1.54, 1.807) is 4.52 Å². The normalized spacial score (nSPS) is 13.6. The van der Waals surface area contributed by atoms with Gasteiger partial charge in [0.15, 0.2) is 11.5 Å². The Morgan fingerprint density at radius 2 is 1.86 bits per heavy atom. The summed E-state index contributed by atoms with van der Waals surface area (Å²) < 4.78 is 1.77. The molecule has 0 bridgehead atoms. The van der Waals surface area contributed by atoms with E-state index in [2.05, 4.69) is 47.1 Å². The molecule has 1 amide bonds. The van der Waals surface area contributed by atoms with Crippen molar-refractivity contribution in [2.75, 3.05) is 24.5 Å². The van der Waals surface area contributed by atoms with Gasteiger partial charge in [-0.05, 0) is 43.5 Å². The van der Waals surface area contributed by atoms with Gasteiger partial charge in [-0.15, -0.1) is 15.3 Å². The molecular formula is C21H26N6O. The van der Waals surface area contributed by atoms with Crippen LogP contribution in [0.5, 0.6) is 0 Å². The number of aryl methyl sites for hydroxylation is 1. The fourth-order valence-corrected chi connectivity index (χ4v) is 3.78. The van der Waals surface area contributed by atoms with Gasteiger partial charge in [0.05, 0.1) is 0 Å². The Labute approximate surface area is 165 Å². The molecule has 2 aromatic heterocycles. The summed E-state index contributed by atoms with van der Waals surface area (Å²) in [6.45, 7) is 7.47. The van der Waals surface area contributed by atoms with E-state index in [0.717, 1.165) is 37.7 Å². The second kappa shape index (κ2) is 7.96. The molecule has 0 aliphatic carbocycles. The van der Waals surface area contributed by atoms with Crippen LogP contribution in [0.1, 0.15) is 37.2 Å². The molecule has 0 saturated carbocycles. The molecule has 0 N–H and O–H groups in total. The zero-order valence-corrected chi connectivity index (χ0v) is 16.5. The van der Waals surface area contributed by atoms with Crippen LogP contribution in [0.3, 0.4) is 0 Å². The monoisotopic (exact) mass is 378 g/mol. The van der Waals surface area contributed by atoms with Gasteiger partial charge in [0.1, 0.15) is 5.82 Å². The van der Waals surface area contributed by atoms with Crippen LogP contribution in [0.25, 0.3) is 5.65 Å². The van der Waals surface area contributed by atoms with Crippen LogP contribution in [0.4, 0.5) is 5.82 Å². The first-order valence-corrected chi connectivity index (χ1v) is 10.0. The third kappa shape index (κ3) is 3.56. The Kier molecular flexibility index (Phi) is 5.23. The SMILES string of the molecule is CCN(CC)c1ccc2nnc(CCC(=O)N3CCc4ccccc4C3)n2n1. The summed E-state index contributed by atoms with van der Waals surface area (Å²) in [5, 5.41) is 13.1. The summed E-state index contributed by atoms with van der Waals surface area (Å²) in [5.74, 6) is 1.79. The number of anilines is 1. The lowest BCUT2D eigenvalue weighted by Crippen LogP contribution is -2.36. The molecule has 1 aliphatic heterocycles. The maximum absolute atomic E-state index is 12.7. The van der Waals surface area contributed by atoms with E-state index < -0.39 is 0 Å². The number of hydrogen-bond acceptors (Lipinski definition) is 5. The van der Waals surface area contributed by atoms with E-state index in [9.17, 15) is 4.79 Å². The number of rotatable bonds is 6. The molecule has 1 aromatic carbocycles. The van der Waals surface area contributed by atoms with Gasteiger partial charge in [0.25, 0.3) is 0 Å².